The van der Waals surface area contributed by atoms with Crippen LogP contribution in [-0.4, -0.2) is 30.4 Å². The van der Waals surface area contributed by atoms with Crippen LogP contribution in [0, 0.1) is 0 Å². The van der Waals surface area contributed by atoms with Crippen LogP contribution in [0.3, 0.4) is 0 Å². The molecule has 0 atom stereocenters. The normalized spacial score (nSPS) is 1.00. The predicted octanol–water partition coefficient (Wildman–Crippen LogP) is -0.737. The third-order valence-electron chi connectivity index (χ3n) is 0. The zero-order valence-electron chi connectivity index (χ0n) is 1.68. The molecule has 2 N–H and O–H groups in total. The molecular weight excluding hydrogens is 215 g/mol. The summed E-state index contributed by atoms with van der Waals surface area (Å²) in [7, 11) is 0. The van der Waals surface area contributed by atoms with Gasteiger partial charge in [-0.2, -0.15) is 0 Å². The van der Waals surface area contributed by atoms with Gasteiger partial charge in [0.05, 0.1) is 0 Å². The molecule has 0 saturated carbocycles. The van der Waals surface area contributed by atoms with Gasteiger partial charge in [-0.25, -0.2) is 0 Å². The fourth-order valence-electron chi connectivity index (χ4n) is 0. The second-order valence-electron chi connectivity index (χ2n) is 0. The van der Waals surface area contributed by atoms with Crippen LogP contribution in [0.15, 0.2) is 0 Å². The molecule has 29 valence electrons. The summed E-state index contributed by atoms with van der Waals surface area (Å²) in [6.45, 7) is 0. The fourth-order valence-corrected chi connectivity index (χ4v) is 0. The van der Waals surface area contributed by atoms with Gasteiger partial charge in [0.2, 0.25) is 0 Å². The molecule has 0 aromatic rings. The molecule has 4 heteroatoms. The Morgan fingerprint density at radius 2 is 1.00 bits per heavy atom. The Morgan fingerprint density at radius 3 is 1.00 bits per heavy atom. The minimum absolute atomic E-state index is 0. The van der Waals surface area contributed by atoms with Gasteiger partial charge < -0.3 is 11.0 Å². The van der Waals surface area contributed by atoms with E-state index >= 15 is 0 Å². The molecule has 0 rings (SSSR count). The molecule has 2 nitrogen and oxygen atoms in total. The number of hydrogen-bond donors (Lipinski definition) is 0. The Bertz CT molecular complexity index is 6.00. The van der Waals surface area contributed by atoms with E-state index in [4.69, 9.17) is 0 Å². The van der Waals surface area contributed by atoms with Crippen LogP contribution in [-0.2, 0) is 12.3 Å². The molecule has 0 amide bonds. The maximum atomic E-state index is 2.95. The Hall–Kier alpha value is 1.23. The summed E-state index contributed by atoms with van der Waals surface area (Å²) in [6, 6.07) is 0. The molecule has 0 unspecified atom stereocenters. The quantitative estimate of drug-likeness (QED) is 0.501. The zero-order chi connectivity index (χ0) is 2.00. The van der Waals surface area contributed by atoms with Crippen LogP contribution in [0.4, 0.5) is 0 Å². The van der Waals surface area contributed by atoms with E-state index < -0.39 is 0 Å². The summed E-state index contributed by atoms with van der Waals surface area (Å²) >= 11 is 4.71. The fraction of sp³-hybridized carbons (Fsp3) is 0. The molecule has 0 aromatic heterocycles. The van der Waals surface area contributed by atoms with Crippen molar-refractivity contribution >= 4 is 19.5 Å². The van der Waals surface area contributed by atoms with Gasteiger partial charge in [0.25, 0.3) is 0 Å². The maximum Gasteiger partial charge on any atom is -0.870 e. The van der Waals surface area contributed by atoms with Crippen LogP contribution in [0.25, 0.3) is 0 Å². The molecule has 0 spiro atoms. The molecule has 0 radical (unpaired) electrons. The van der Waals surface area contributed by atoms with Crippen molar-refractivity contribution in [3.63, 3.8) is 0 Å². The van der Waals surface area contributed by atoms with E-state index in [1.807, 2.05) is 0 Å². The summed E-state index contributed by atoms with van der Waals surface area (Å²) in [4.78, 5) is 0. The largest absolute Gasteiger partial charge is 0.870 e. The van der Waals surface area contributed by atoms with Gasteiger partial charge in [-0.05, 0) is 0 Å². The minimum Gasteiger partial charge on any atom is -0.870 e. The second kappa shape index (κ2) is 29.2. The first-order chi connectivity index (χ1) is 1.00. The standard InChI is InChI=1S/Mn.2H2O.Te/h;2*1H2;/p-2. The van der Waals surface area contributed by atoms with Crippen LogP contribution < -0.4 is 0 Å². The Labute approximate surface area is 42.8 Å². The van der Waals surface area contributed by atoms with E-state index in [0.29, 0.717) is 0 Å². The van der Waals surface area contributed by atoms with Crippen molar-refractivity contribution in [1.29, 1.82) is 0 Å². The number of hydrogen-bond acceptors (Lipinski definition) is 2. The summed E-state index contributed by atoms with van der Waals surface area (Å²) in [5.41, 5.74) is 0. The summed E-state index contributed by atoms with van der Waals surface area (Å²) < 4.78 is 0. The minimum atomic E-state index is 0. The van der Waals surface area contributed by atoms with Crippen molar-refractivity contribution in [2.45, 2.75) is 0 Å². The van der Waals surface area contributed by atoms with Crippen molar-refractivity contribution in [2.24, 2.45) is 0 Å². The van der Waals surface area contributed by atoms with Crippen LogP contribution >= 0.6 is 0 Å². The van der Waals surface area contributed by atoms with Gasteiger partial charge in [-0.3, -0.25) is 0 Å². The first kappa shape index (κ1) is 18.8. The summed E-state index contributed by atoms with van der Waals surface area (Å²) in [5.74, 6) is 0. The first-order valence-corrected chi connectivity index (χ1v) is 4.27. The van der Waals surface area contributed by atoms with Crippen molar-refractivity contribution in [2.75, 3.05) is 0 Å². The van der Waals surface area contributed by atoms with Gasteiger partial charge in [0.15, 0.2) is 0 Å². The van der Waals surface area contributed by atoms with Crippen LogP contribution in [0.1, 0.15) is 0 Å². The molecule has 0 aromatic carbocycles. The summed E-state index contributed by atoms with van der Waals surface area (Å²) in [6.07, 6.45) is 0. The van der Waals surface area contributed by atoms with Crippen molar-refractivity contribution < 1.29 is 23.2 Å². The van der Waals surface area contributed by atoms with Crippen molar-refractivity contribution in [3.8, 4) is 0 Å². The Kier molecular flexibility index (Phi) is 137. The zero-order valence-corrected chi connectivity index (χ0v) is 5.19. The van der Waals surface area contributed by atoms with E-state index in [0.717, 1.165) is 0 Å². The second-order valence-corrected chi connectivity index (χ2v) is 0. The van der Waals surface area contributed by atoms with Crippen LogP contribution in [0.5, 0.6) is 0 Å². The molecule has 0 aliphatic heterocycles. The average Bonchev–Trinajstić information content (AvgIpc) is 1.00. The van der Waals surface area contributed by atoms with Crippen LogP contribution in [0.2, 0.25) is 0 Å². The van der Waals surface area contributed by atoms with E-state index in [1.54, 1.807) is 19.5 Å². The molecule has 4 heavy (non-hydrogen) atoms. The maximum absolute atomic E-state index is 2.95. The van der Waals surface area contributed by atoms with E-state index in [9.17, 15) is 0 Å². The molecule has 0 bridgehead atoms. The van der Waals surface area contributed by atoms with Gasteiger partial charge in [-0.1, -0.05) is 0 Å². The molecule has 0 aliphatic rings. The van der Waals surface area contributed by atoms with Gasteiger partial charge in [0, 0.05) is 0 Å². The van der Waals surface area contributed by atoms with E-state index in [1.165, 1.54) is 0 Å². The topological polar surface area (TPSA) is 60.0 Å². The Morgan fingerprint density at radius 1 is 1.00 bits per heavy atom. The molecule has 0 saturated heterocycles. The first-order valence-electron chi connectivity index (χ1n) is 0.154. The number of rotatable bonds is 0. The molecule has 0 aliphatic carbocycles. The van der Waals surface area contributed by atoms with E-state index in [-0.39, 0.29) is 11.0 Å². The van der Waals surface area contributed by atoms with E-state index in [2.05, 4.69) is 12.3 Å². The monoisotopic (exact) mass is 219 g/mol. The van der Waals surface area contributed by atoms with Crippen molar-refractivity contribution in [3.05, 3.63) is 0 Å². The van der Waals surface area contributed by atoms with Gasteiger partial charge >= 0.3 is 31.7 Å². The Balaban J connectivity index is -0.00000000500. The van der Waals surface area contributed by atoms with Crippen molar-refractivity contribution in [1.82, 2.24) is 0 Å². The molecule has 0 heterocycles. The molecule has 0 fully saturated rings. The van der Waals surface area contributed by atoms with Gasteiger partial charge in [0.1, 0.15) is 0 Å². The summed E-state index contributed by atoms with van der Waals surface area (Å²) in [5, 5.41) is 0. The molecular formula is H2MnO2Te-2. The third-order valence-corrected chi connectivity index (χ3v) is 0. The SMILES string of the molecule is [Mn]=[Te].[OH-].[OH-]. The smallest absolute Gasteiger partial charge is 0.870 e. The predicted molar refractivity (Wildman–Crippen MR) is 9.63 cm³/mol. The third kappa shape index (κ3) is 10.6. The van der Waals surface area contributed by atoms with Gasteiger partial charge in [-0.15, -0.1) is 0 Å². The average molecular weight is 217 g/mol.